The Morgan fingerprint density at radius 1 is 1.33 bits per heavy atom. The van der Waals surface area contributed by atoms with Crippen molar-refractivity contribution in [3.63, 3.8) is 0 Å². The standard InChI is InChI=1S/C19H22ClN3O/c1-22(19(24)16-9-10-21-18(20)12-16)17-8-5-11-23(14-17)13-15-6-3-2-4-7-15/h2-4,6-7,9-10,12,17H,5,8,11,13-14H2,1H3. The van der Waals surface area contributed by atoms with Crippen LogP contribution in [0.4, 0.5) is 0 Å². The minimum absolute atomic E-state index is 0.00543. The van der Waals surface area contributed by atoms with Crippen molar-refractivity contribution >= 4 is 17.5 Å². The van der Waals surface area contributed by atoms with E-state index in [1.165, 1.54) is 5.56 Å². The molecule has 5 heteroatoms. The molecule has 0 bridgehead atoms. The maximum Gasteiger partial charge on any atom is 0.254 e. The van der Waals surface area contributed by atoms with Crippen LogP contribution in [0.5, 0.6) is 0 Å². The zero-order chi connectivity index (χ0) is 16.9. The van der Waals surface area contributed by atoms with Crippen molar-refractivity contribution < 1.29 is 4.79 Å². The van der Waals surface area contributed by atoms with Crippen molar-refractivity contribution in [3.05, 3.63) is 64.9 Å². The number of hydrogen-bond donors (Lipinski definition) is 0. The van der Waals surface area contributed by atoms with Crippen LogP contribution in [-0.4, -0.2) is 46.9 Å². The second kappa shape index (κ2) is 7.77. The van der Waals surface area contributed by atoms with Gasteiger partial charge in [-0.3, -0.25) is 9.69 Å². The van der Waals surface area contributed by atoms with Gasteiger partial charge < -0.3 is 4.90 Å². The Morgan fingerprint density at radius 2 is 2.12 bits per heavy atom. The Hall–Kier alpha value is -1.91. The van der Waals surface area contributed by atoms with Gasteiger partial charge in [-0.25, -0.2) is 4.98 Å². The second-order valence-electron chi connectivity index (χ2n) is 6.30. The molecule has 1 aliphatic heterocycles. The van der Waals surface area contributed by atoms with Crippen LogP contribution >= 0.6 is 11.6 Å². The van der Waals surface area contributed by atoms with Crippen molar-refractivity contribution in [2.24, 2.45) is 0 Å². The van der Waals surface area contributed by atoms with Gasteiger partial charge in [0, 0.05) is 37.9 Å². The van der Waals surface area contributed by atoms with E-state index in [2.05, 4.69) is 34.1 Å². The van der Waals surface area contributed by atoms with Gasteiger partial charge in [0.25, 0.3) is 5.91 Å². The summed E-state index contributed by atoms with van der Waals surface area (Å²) in [7, 11) is 1.88. The van der Waals surface area contributed by atoms with E-state index in [-0.39, 0.29) is 11.9 Å². The normalized spacial score (nSPS) is 18.3. The minimum atomic E-state index is 0.00543. The summed E-state index contributed by atoms with van der Waals surface area (Å²) in [4.78, 5) is 20.9. The van der Waals surface area contributed by atoms with Crippen LogP contribution < -0.4 is 0 Å². The zero-order valence-corrected chi connectivity index (χ0v) is 14.6. The number of carbonyl (C=O) groups is 1. The lowest BCUT2D eigenvalue weighted by molar-refractivity contribution is 0.0609. The number of benzene rings is 1. The molecule has 1 aromatic carbocycles. The quantitative estimate of drug-likeness (QED) is 0.797. The Balaban J connectivity index is 1.64. The number of nitrogens with zero attached hydrogens (tertiary/aromatic N) is 3. The van der Waals surface area contributed by atoms with Gasteiger partial charge in [0.1, 0.15) is 5.15 Å². The minimum Gasteiger partial charge on any atom is -0.337 e. The summed E-state index contributed by atoms with van der Waals surface area (Å²) in [6, 6.07) is 14.0. The van der Waals surface area contributed by atoms with Crippen LogP contribution in [0.15, 0.2) is 48.7 Å². The Bertz CT molecular complexity index is 692. The fourth-order valence-corrected chi connectivity index (χ4v) is 3.41. The highest BCUT2D eigenvalue weighted by atomic mass is 35.5. The van der Waals surface area contributed by atoms with Gasteiger partial charge in [0.05, 0.1) is 0 Å². The first-order valence-electron chi connectivity index (χ1n) is 8.28. The predicted molar refractivity (Wildman–Crippen MR) is 96.1 cm³/mol. The third-order valence-electron chi connectivity index (χ3n) is 4.57. The van der Waals surface area contributed by atoms with Crippen LogP contribution in [0.3, 0.4) is 0 Å². The Morgan fingerprint density at radius 3 is 2.88 bits per heavy atom. The van der Waals surface area contributed by atoms with E-state index in [1.54, 1.807) is 18.3 Å². The molecule has 0 radical (unpaired) electrons. The average Bonchev–Trinajstić information content (AvgIpc) is 2.61. The van der Waals surface area contributed by atoms with E-state index in [9.17, 15) is 4.79 Å². The largest absolute Gasteiger partial charge is 0.337 e. The number of likely N-dealkylation sites (tertiary alicyclic amines) is 1. The molecule has 1 aromatic heterocycles. The first kappa shape index (κ1) is 16.9. The molecule has 0 aliphatic carbocycles. The monoisotopic (exact) mass is 343 g/mol. The molecule has 1 amide bonds. The van der Waals surface area contributed by atoms with E-state index in [1.807, 2.05) is 18.0 Å². The Kier molecular flexibility index (Phi) is 5.48. The molecule has 1 fully saturated rings. The van der Waals surface area contributed by atoms with Gasteiger partial charge in [-0.2, -0.15) is 0 Å². The van der Waals surface area contributed by atoms with Gasteiger partial charge in [0.15, 0.2) is 0 Å². The maximum absolute atomic E-state index is 12.7. The maximum atomic E-state index is 12.7. The lowest BCUT2D eigenvalue weighted by Crippen LogP contribution is -2.48. The van der Waals surface area contributed by atoms with Gasteiger partial charge >= 0.3 is 0 Å². The molecule has 3 rings (SSSR count). The molecule has 0 spiro atoms. The molecular weight excluding hydrogens is 322 g/mol. The van der Waals surface area contributed by atoms with Crippen molar-refractivity contribution in [2.45, 2.75) is 25.4 Å². The second-order valence-corrected chi connectivity index (χ2v) is 6.69. The molecule has 126 valence electrons. The highest BCUT2D eigenvalue weighted by molar-refractivity contribution is 6.29. The molecule has 0 saturated carbocycles. The third-order valence-corrected chi connectivity index (χ3v) is 4.78. The van der Waals surface area contributed by atoms with Crippen molar-refractivity contribution in [1.82, 2.24) is 14.8 Å². The van der Waals surface area contributed by atoms with E-state index < -0.39 is 0 Å². The van der Waals surface area contributed by atoms with Crippen LogP contribution in [0, 0.1) is 0 Å². The number of rotatable bonds is 4. The first-order valence-corrected chi connectivity index (χ1v) is 8.66. The predicted octanol–water partition coefficient (Wildman–Crippen LogP) is 3.47. The first-order chi connectivity index (χ1) is 11.6. The summed E-state index contributed by atoms with van der Waals surface area (Å²) in [6.07, 6.45) is 3.71. The molecule has 0 N–H and O–H groups in total. The van der Waals surface area contributed by atoms with E-state index in [0.717, 1.165) is 32.5 Å². The van der Waals surface area contributed by atoms with Crippen LogP contribution in [0.2, 0.25) is 5.15 Å². The summed E-state index contributed by atoms with van der Waals surface area (Å²) in [5.41, 5.74) is 1.91. The van der Waals surface area contributed by atoms with Gasteiger partial charge in [-0.15, -0.1) is 0 Å². The molecule has 1 atom stereocenters. The van der Waals surface area contributed by atoms with E-state index in [4.69, 9.17) is 11.6 Å². The Labute approximate surface area is 148 Å². The van der Waals surface area contributed by atoms with Gasteiger partial charge in [0.2, 0.25) is 0 Å². The molecule has 1 aliphatic rings. The van der Waals surface area contributed by atoms with Crippen LogP contribution in [-0.2, 0) is 6.54 Å². The van der Waals surface area contributed by atoms with E-state index in [0.29, 0.717) is 10.7 Å². The number of hydrogen-bond acceptors (Lipinski definition) is 3. The zero-order valence-electron chi connectivity index (χ0n) is 13.9. The SMILES string of the molecule is CN(C(=O)c1ccnc(Cl)c1)C1CCCN(Cc2ccccc2)C1. The highest BCUT2D eigenvalue weighted by Crippen LogP contribution is 2.19. The van der Waals surface area contributed by atoms with Crippen LogP contribution in [0.25, 0.3) is 0 Å². The number of pyridine rings is 1. The number of piperidine rings is 1. The number of amides is 1. The fourth-order valence-electron chi connectivity index (χ4n) is 3.24. The fraction of sp³-hybridized carbons (Fsp3) is 0.368. The molecule has 1 saturated heterocycles. The third kappa shape index (κ3) is 4.13. The summed E-state index contributed by atoms with van der Waals surface area (Å²) in [6.45, 7) is 2.91. The number of carbonyl (C=O) groups excluding carboxylic acids is 1. The lowest BCUT2D eigenvalue weighted by Gasteiger charge is -2.37. The lowest BCUT2D eigenvalue weighted by atomic mass is 10.0. The summed E-state index contributed by atoms with van der Waals surface area (Å²) >= 11 is 5.90. The molecule has 2 heterocycles. The van der Waals surface area contributed by atoms with Crippen molar-refractivity contribution in [3.8, 4) is 0 Å². The van der Waals surface area contributed by atoms with Crippen molar-refractivity contribution in [2.75, 3.05) is 20.1 Å². The number of halogens is 1. The summed E-state index contributed by atoms with van der Waals surface area (Å²) in [5.74, 6) is 0.00543. The smallest absolute Gasteiger partial charge is 0.254 e. The van der Waals surface area contributed by atoms with Crippen LogP contribution in [0.1, 0.15) is 28.8 Å². The summed E-state index contributed by atoms with van der Waals surface area (Å²) in [5, 5.41) is 0.351. The molecule has 2 aromatic rings. The molecule has 1 unspecified atom stereocenters. The topological polar surface area (TPSA) is 36.4 Å². The van der Waals surface area contributed by atoms with Crippen molar-refractivity contribution in [1.29, 1.82) is 0 Å². The number of likely N-dealkylation sites (N-methyl/N-ethyl adjacent to an activating group) is 1. The average molecular weight is 344 g/mol. The van der Waals surface area contributed by atoms with E-state index >= 15 is 0 Å². The molecular formula is C19H22ClN3O. The van der Waals surface area contributed by atoms with Gasteiger partial charge in [-0.05, 0) is 37.1 Å². The molecule has 24 heavy (non-hydrogen) atoms. The van der Waals surface area contributed by atoms with Gasteiger partial charge in [-0.1, -0.05) is 41.9 Å². The highest BCUT2D eigenvalue weighted by Gasteiger charge is 2.26. The molecule has 4 nitrogen and oxygen atoms in total. The summed E-state index contributed by atoms with van der Waals surface area (Å²) < 4.78 is 0. The number of aromatic nitrogens is 1.